The summed E-state index contributed by atoms with van der Waals surface area (Å²) in [5, 5.41) is 15.6. The molecule has 1 aliphatic heterocycles. The molecule has 0 spiro atoms. The Bertz CT molecular complexity index is 1550. The molecule has 0 saturated carbocycles. The zero-order chi connectivity index (χ0) is 27.9. The van der Waals surface area contributed by atoms with Gasteiger partial charge in [0.2, 0.25) is 0 Å². The van der Waals surface area contributed by atoms with E-state index in [-0.39, 0.29) is 24.8 Å². The van der Waals surface area contributed by atoms with E-state index in [9.17, 15) is 14.3 Å². The average molecular weight is 554 g/mol. The number of pyridine rings is 1. The second-order valence-electron chi connectivity index (χ2n) is 10.1. The van der Waals surface area contributed by atoms with E-state index in [4.69, 9.17) is 26.1 Å². The molecule has 11 heteroatoms. The van der Waals surface area contributed by atoms with Gasteiger partial charge in [-0.25, -0.2) is 19.0 Å². The van der Waals surface area contributed by atoms with Crippen LogP contribution in [-0.2, 0) is 23.2 Å². The van der Waals surface area contributed by atoms with Gasteiger partial charge in [0, 0.05) is 35.8 Å². The third-order valence-corrected chi connectivity index (χ3v) is 7.06. The fourth-order valence-electron chi connectivity index (χ4n) is 4.87. The van der Waals surface area contributed by atoms with Gasteiger partial charge in [-0.05, 0) is 50.6 Å². The third-order valence-electron chi connectivity index (χ3n) is 6.72. The first-order valence-electron chi connectivity index (χ1n) is 12.5. The van der Waals surface area contributed by atoms with Gasteiger partial charge in [-0.3, -0.25) is 4.79 Å². The Labute approximate surface area is 230 Å². The van der Waals surface area contributed by atoms with Gasteiger partial charge in [0.15, 0.2) is 5.82 Å². The molecular weight excluding hydrogens is 525 g/mol. The van der Waals surface area contributed by atoms with Gasteiger partial charge in [0.1, 0.15) is 35.6 Å². The molecule has 0 bridgehead atoms. The van der Waals surface area contributed by atoms with Gasteiger partial charge in [-0.2, -0.15) is 5.10 Å². The van der Waals surface area contributed by atoms with Crippen LogP contribution in [0.15, 0.2) is 42.7 Å². The second kappa shape index (κ2) is 10.5. The molecule has 0 radical (unpaired) electrons. The molecule has 0 unspecified atom stereocenters. The minimum Gasteiger partial charge on any atom is -0.487 e. The van der Waals surface area contributed by atoms with Crippen molar-refractivity contribution < 1.29 is 23.8 Å². The van der Waals surface area contributed by atoms with Gasteiger partial charge >= 0.3 is 0 Å². The molecule has 3 heterocycles. The van der Waals surface area contributed by atoms with E-state index >= 15 is 0 Å². The molecular formula is C28H29ClFN5O4. The molecule has 1 fully saturated rings. The van der Waals surface area contributed by atoms with Crippen LogP contribution >= 0.6 is 11.6 Å². The van der Waals surface area contributed by atoms with Crippen molar-refractivity contribution in [3.8, 4) is 17.1 Å². The number of benzene rings is 2. The predicted molar refractivity (Wildman–Crippen MR) is 144 cm³/mol. The molecule has 39 heavy (non-hydrogen) atoms. The first kappa shape index (κ1) is 27.0. The second-order valence-corrected chi connectivity index (χ2v) is 10.5. The SMILES string of the molecule is Cc1cc(-c2ncnn2C)c2cccc(OCc3c(Cl)cc(F)cc3[C@@H]3COCCN3C(=O)C(C)(C)O)c2n1. The average Bonchev–Trinajstić information content (AvgIpc) is 3.32. The number of rotatable bonds is 6. The molecule has 1 atom stereocenters. The predicted octanol–water partition coefficient (Wildman–Crippen LogP) is 4.38. The number of ether oxygens (including phenoxy) is 2. The number of aryl methyl sites for hydroxylation is 2. The highest BCUT2D eigenvalue weighted by Gasteiger charge is 2.37. The Morgan fingerprint density at radius 3 is 2.82 bits per heavy atom. The lowest BCUT2D eigenvalue weighted by atomic mass is 9.96. The maximum absolute atomic E-state index is 14.6. The Hall–Kier alpha value is -3.60. The first-order chi connectivity index (χ1) is 18.5. The van der Waals surface area contributed by atoms with Crippen LogP contribution < -0.4 is 4.74 Å². The summed E-state index contributed by atoms with van der Waals surface area (Å²) in [6.45, 7) is 5.42. The Kier molecular flexibility index (Phi) is 7.28. The van der Waals surface area contributed by atoms with Gasteiger partial charge in [-0.1, -0.05) is 23.7 Å². The van der Waals surface area contributed by atoms with E-state index < -0.39 is 23.4 Å². The number of hydrogen-bond acceptors (Lipinski definition) is 7. The zero-order valence-electron chi connectivity index (χ0n) is 22.1. The molecule has 5 rings (SSSR count). The van der Waals surface area contributed by atoms with Crippen LogP contribution in [0.4, 0.5) is 4.39 Å². The van der Waals surface area contributed by atoms with E-state index in [1.165, 1.54) is 37.2 Å². The van der Waals surface area contributed by atoms with Crippen molar-refractivity contribution in [2.24, 2.45) is 7.05 Å². The number of amides is 1. The fourth-order valence-corrected chi connectivity index (χ4v) is 5.14. The number of fused-ring (bicyclic) bond motifs is 1. The van der Waals surface area contributed by atoms with E-state index in [1.807, 2.05) is 32.2 Å². The van der Waals surface area contributed by atoms with Gasteiger partial charge in [0.25, 0.3) is 5.91 Å². The highest BCUT2D eigenvalue weighted by molar-refractivity contribution is 6.31. The molecule has 1 saturated heterocycles. The van der Waals surface area contributed by atoms with E-state index in [0.717, 1.165) is 16.6 Å². The fraction of sp³-hybridized carbons (Fsp3) is 0.357. The maximum atomic E-state index is 14.6. The lowest BCUT2D eigenvalue weighted by molar-refractivity contribution is -0.157. The van der Waals surface area contributed by atoms with Crippen LogP contribution in [0, 0.1) is 12.7 Å². The maximum Gasteiger partial charge on any atom is 0.254 e. The summed E-state index contributed by atoms with van der Waals surface area (Å²) in [4.78, 5) is 23.7. The molecule has 1 amide bonds. The molecule has 9 nitrogen and oxygen atoms in total. The van der Waals surface area contributed by atoms with Crippen molar-refractivity contribution in [1.29, 1.82) is 0 Å². The van der Waals surface area contributed by atoms with Gasteiger partial charge in [0.05, 0.1) is 24.3 Å². The molecule has 2 aromatic carbocycles. The molecule has 4 aromatic rings. The van der Waals surface area contributed by atoms with E-state index in [1.54, 1.807) is 10.7 Å². The summed E-state index contributed by atoms with van der Waals surface area (Å²) in [5.74, 6) is 0.180. The number of halogens is 2. The summed E-state index contributed by atoms with van der Waals surface area (Å²) >= 11 is 6.54. The van der Waals surface area contributed by atoms with Crippen LogP contribution in [0.5, 0.6) is 5.75 Å². The van der Waals surface area contributed by atoms with Crippen LogP contribution in [0.25, 0.3) is 22.3 Å². The number of aliphatic hydroxyl groups is 1. The number of para-hydroxylation sites is 1. The number of carbonyl (C=O) groups is 1. The highest BCUT2D eigenvalue weighted by atomic mass is 35.5. The minimum absolute atomic E-state index is 0.0104. The van der Waals surface area contributed by atoms with Crippen molar-refractivity contribution in [3.05, 3.63) is 70.4 Å². The van der Waals surface area contributed by atoms with Crippen LogP contribution in [0.1, 0.15) is 36.7 Å². The Balaban J connectivity index is 1.53. The van der Waals surface area contributed by atoms with Crippen molar-refractivity contribution in [2.45, 2.75) is 39.0 Å². The topological polar surface area (TPSA) is 103 Å². The van der Waals surface area contributed by atoms with Crippen LogP contribution in [0.2, 0.25) is 5.02 Å². The smallest absolute Gasteiger partial charge is 0.254 e. The normalized spacial score (nSPS) is 16.1. The highest BCUT2D eigenvalue weighted by Crippen LogP contribution is 2.36. The summed E-state index contributed by atoms with van der Waals surface area (Å²) in [7, 11) is 1.82. The molecule has 2 aromatic heterocycles. The van der Waals surface area contributed by atoms with Crippen LogP contribution in [0.3, 0.4) is 0 Å². The quantitative estimate of drug-likeness (QED) is 0.378. The monoisotopic (exact) mass is 553 g/mol. The van der Waals surface area contributed by atoms with Crippen molar-refractivity contribution >= 4 is 28.4 Å². The molecule has 1 N–H and O–H groups in total. The number of aromatic nitrogens is 4. The number of nitrogens with zero attached hydrogens (tertiary/aromatic N) is 5. The number of carbonyl (C=O) groups excluding carboxylic acids is 1. The summed E-state index contributed by atoms with van der Waals surface area (Å²) in [6, 6.07) is 9.46. The van der Waals surface area contributed by atoms with Crippen molar-refractivity contribution in [2.75, 3.05) is 19.8 Å². The minimum atomic E-state index is -1.60. The molecule has 1 aliphatic rings. The zero-order valence-corrected chi connectivity index (χ0v) is 22.9. The van der Waals surface area contributed by atoms with Crippen molar-refractivity contribution in [3.63, 3.8) is 0 Å². The van der Waals surface area contributed by atoms with E-state index in [0.29, 0.717) is 34.8 Å². The Morgan fingerprint density at radius 2 is 2.10 bits per heavy atom. The third kappa shape index (κ3) is 5.32. The van der Waals surface area contributed by atoms with Crippen LogP contribution in [-0.4, -0.2) is 61.0 Å². The largest absolute Gasteiger partial charge is 0.487 e. The summed E-state index contributed by atoms with van der Waals surface area (Å²) in [5.41, 5.74) is 1.65. The molecule has 0 aliphatic carbocycles. The standard InChI is InChI=1S/C28H29ClFN5O4/c1-16-10-20(26-31-15-32-34(26)4)18-6-5-7-24(25(18)33-16)39-13-21-19(11-17(30)12-22(21)29)23-14-38-9-8-35(23)27(36)28(2,3)37/h5-7,10-12,15,23,37H,8-9,13-14H2,1-4H3/t23-/m0/s1. The van der Waals surface area contributed by atoms with Gasteiger partial charge < -0.3 is 19.5 Å². The lowest BCUT2D eigenvalue weighted by Gasteiger charge is -2.39. The number of morpholine rings is 1. The number of hydrogen-bond donors (Lipinski definition) is 1. The van der Waals surface area contributed by atoms with Gasteiger partial charge in [-0.15, -0.1) is 0 Å². The first-order valence-corrected chi connectivity index (χ1v) is 12.9. The molecule has 204 valence electrons. The Morgan fingerprint density at radius 1 is 1.31 bits per heavy atom. The lowest BCUT2D eigenvalue weighted by Crippen LogP contribution is -2.51. The van der Waals surface area contributed by atoms with Crippen molar-refractivity contribution in [1.82, 2.24) is 24.6 Å². The van der Waals surface area contributed by atoms with E-state index in [2.05, 4.69) is 10.1 Å². The summed E-state index contributed by atoms with van der Waals surface area (Å²) in [6.07, 6.45) is 1.50. The summed E-state index contributed by atoms with van der Waals surface area (Å²) < 4.78 is 28.2.